The average Bonchev–Trinajstić information content (AvgIpc) is 2.89. The van der Waals surface area contributed by atoms with Gasteiger partial charge in [0.15, 0.2) is 0 Å². The van der Waals surface area contributed by atoms with E-state index < -0.39 is 0 Å². The molecule has 3 unspecified atom stereocenters. The van der Waals surface area contributed by atoms with Gasteiger partial charge in [-0.25, -0.2) is 0 Å². The molecule has 2 heteroatoms. The van der Waals surface area contributed by atoms with Gasteiger partial charge in [0, 0.05) is 9.53 Å². The monoisotopic (exact) mass is 308 g/mol. The molecule has 17 heavy (non-hydrogen) atoms. The van der Waals surface area contributed by atoms with Gasteiger partial charge in [0.2, 0.25) is 0 Å². The molecule has 1 saturated carbocycles. The van der Waals surface area contributed by atoms with Crippen molar-refractivity contribution in [1.29, 1.82) is 0 Å². The second-order valence-electron chi connectivity index (χ2n) is 5.17. The number of hydrogen-bond donors (Lipinski definition) is 0. The zero-order valence-electron chi connectivity index (χ0n) is 10.0. The maximum atomic E-state index is 3.80. The molecule has 1 aromatic carbocycles. The SMILES string of the molecule is CC1C(Br)CCC1Cc1csc2ccccc12. The molecular weight excluding hydrogens is 292 g/mol. The van der Waals surface area contributed by atoms with E-state index >= 15 is 0 Å². The molecule has 1 aromatic heterocycles. The van der Waals surface area contributed by atoms with Gasteiger partial charge in [-0.2, -0.15) is 0 Å². The fourth-order valence-corrected chi connectivity index (χ4v) is 4.63. The summed E-state index contributed by atoms with van der Waals surface area (Å²) in [6, 6.07) is 8.79. The quantitative estimate of drug-likeness (QED) is 0.664. The van der Waals surface area contributed by atoms with Gasteiger partial charge in [-0.1, -0.05) is 41.1 Å². The van der Waals surface area contributed by atoms with Crippen LogP contribution in [-0.4, -0.2) is 4.83 Å². The normalized spacial score (nSPS) is 28.9. The molecule has 0 N–H and O–H groups in total. The number of alkyl halides is 1. The summed E-state index contributed by atoms with van der Waals surface area (Å²) in [6.45, 7) is 2.39. The molecule has 3 rings (SSSR count). The number of hydrogen-bond acceptors (Lipinski definition) is 1. The minimum atomic E-state index is 0.734. The summed E-state index contributed by atoms with van der Waals surface area (Å²) >= 11 is 5.69. The van der Waals surface area contributed by atoms with E-state index in [4.69, 9.17) is 0 Å². The van der Waals surface area contributed by atoms with Crippen LogP contribution in [0.15, 0.2) is 29.6 Å². The maximum absolute atomic E-state index is 3.80. The zero-order chi connectivity index (χ0) is 11.8. The Morgan fingerprint density at radius 1 is 1.29 bits per heavy atom. The van der Waals surface area contributed by atoms with E-state index in [1.807, 2.05) is 11.3 Å². The fourth-order valence-electron chi connectivity index (χ4n) is 2.96. The van der Waals surface area contributed by atoms with Crippen molar-refractivity contribution in [3.8, 4) is 0 Å². The molecule has 1 heterocycles. The van der Waals surface area contributed by atoms with Crippen LogP contribution < -0.4 is 0 Å². The van der Waals surface area contributed by atoms with Gasteiger partial charge in [-0.3, -0.25) is 0 Å². The van der Waals surface area contributed by atoms with Crippen molar-refractivity contribution < 1.29 is 0 Å². The molecule has 1 aliphatic rings. The first-order valence-corrected chi connectivity index (χ1v) is 8.14. The van der Waals surface area contributed by atoms with Crippen LogP contribution in [0.5, 0.6) is 0 Å². The number of rotatable bonds is 2. The van der Waals surface area contributed by atoms with Crippen molar-refractivity contribution in [2.45, 2.75) is 31.0 Å². The number of fused-ring (bicyclic) bond motifs is 1. The Balaban J connectivity index is 1.86. The van der Waals surface area contributed by atoms with Gasteiger partial charge in [-0.15, -0.1) is 11.3 Å². The van der Waals surface area contributed by atoms with Crippen LogP contribution in [-0.2, 0) is 6.42 Å². The Bertz CT molecular complexity index is 516. The lowest BCUT2D eigenvalue weighted by Crippen LogP contribution is -2.12. The highest BCUT2D eigenvalue weighted by Crippen LogP contribution is 2.40. The molecule has 0 spiro atoms. The van der Waals surface area contributed by atoms with Crippen LogP contribution in [0.25, 0.3) is 10.1 Å². The minimum Gasteiger partial charge on any atom is -0.144 e. The zero-order valence-corrected chi connectivity index (χ0v) is 12.4. The van der Waals surface area contributed by atoms with Crippen LogP contribution in [0.4, 0.5) is 0 Å². The Kier molecular flexibility index (Phi) is 3.27. The van der Waals surface area contributed by atoms with Crippen LogP contribution in [0, 0.1) is 11.8 Å². The van der Waals surface area contributed by atoms with Gasteiger partial charge in [0.1, 0.15) is 0 Å². The highest BCUT2D eigenvalue weighted by Gasteiger charge is 2.31. The summed E-state index contributed by atoms with van der Waals surface area (Å²) in [5, 5.41) is 3.83. The highest BCUT2D eigenvalue weighted by atomic mass is 79.9. The molecule has 0 aliphatic heterocycles. The van der Waals surface area contributed by atoms with Crippen molar-refractivity contribution in [3.63, 3.8) is 0 Å². The number of benzene rings is 1. The van der Waals surface area contributed by atoms with Gasteiger partial charge < -0.3 is 0 Å². The molecule has 1 aliphatic carbocycles. The molecule has 3 atom stereocenters. The van der Waals surface area contributed by atoms with Crippen LogP contribution in [0.1, 0.15) is 25.3 Å². The Morgan fingerprint density at radius 2 is 2.12 bits per heavy atom. The maximum Gasteiger partial charge on any atom is 0.0345 e. The Labute approximate surface area is 115 Å². The molecule has 2 aromatic rings. The smallest absolute Gasteiger partial charge is 0.0345 e. The summed E-state index contributed by atoms with van der Waals surface area (Å²) in [5.74, 6) is 1.67. The Morgan fingerprint density at radius 3 is 2.88 bits per heavy atom. The third-order valence-electron chi connectivity index (χ3n) is 4.17. The third kappa shape index (κ3) is 2.17. The Hall–Kier alpha value is -0.340. The van der Waals surface area contributed by atoms with Crippen LogP contribution in [0.3, 0.4) is 0 Å². The standard InChI is InChI=1S/C15H17BrS/c1-10-11(6-7-14(10)16)8-12-9-17-15-5-3-2-4-13(12)15/h2-5,9-11,14H,6-8H2,1H3. The second kappa shape index (κ2) is 4.74. The lowest BCUT2D eigenvalue weighted by atomic mass is 9.91. The third-order valence-corrected chi connectivity index (χ3v) is 6.47. The molecule has 0 amide bonds. The molecule has 0 bridgehead atoms. The average molecular weight is 309 g/mol. The molecular formula is C15H17BrS. The van der Waals surface area contributed by atoms with Crippen LogP contribution in [0.2, 0.25) is 0 Å². The van der Waals surface area contributed by atoms with Crippen molar-refractivity contribution in [1.82, 2.24) is 0 Å². The summed E-state index contributed by atoms with van der Waals surface area (Å²) in [6.07, 6.45) is 3.97. The lowest BCUT2D eigenvalue weighted by molar-refractivity contribution is 0.425. The predicted molar refractivity (Wildman–Crippen MR) is 80.1 cm³/mol. The van der Waals surface area contributed by atoms with E-state index in [0.717, 1.165) is 16.7 Å². The first-order valence-electron chi connectivity index (χ1n) is 6.35. The molecule has 1 fully saturated rings. The van der Waals surface area contributed by atoms with Crippen molar-refractivity contribution in [3.05, 3.63) is 35.2 Å². The summed E-state index contributed by atoms with van der Waals surface area (Å²) in [7, 11) is 0. The number of halogens is 1. The van der Waals surface area contributed by atoms with Gasteiger partial charge in [0.25, 0.3) is 0 Å². The second-order valence-corrected chi connectivity index (χ2v) is 7.26. The summed E-state index contributed by atoms with van der Waals surface area (Å²) in [4.78, 5) is 0.734. The summed E-state index contributed by atoms with van der Waals surface area (Å²) < 4.78 is 1.43. The molecule has 0 radical (unpaired) electrons. The highest BCUT2D eigenvalue weighted by molar-refractivity contribution is 9.09. The fraction of sp³-hybridized carbons (Fsp3) is 0.467. The van der Waals surface area contributed by atoms with Crippen LogP contribution >= 0.6 is 27.3 Å². The lowest BCUT2D eigenvalue weighted by Gasteiger charge is -2.16. The molecule has 0 saturated heterocycles. The van der Waals surface area contributed by atoms with Crippen molar-refractivity contribution in [2.24, 2.45) is 11.8 Å². The van der Waals surface area contributed by atoms with Gasteiger partial charge in [-0.05, 0) is 53.5 Å². The first kappa shape index (κ1) is 11.7. The summed E-state index contributed by atoms with van der Waals surface area (Å²) in [5.41, 5.74) is 1.56. The van der Waals surface area contributed by atoms with E-state index in [1.165, 1.54) is 29.3 Å². The van der Waals surface area contributed by atoms with E-state index in [9.17, 15) is 0 Å². The largest absolute Gasteiger partial charge is 0.144 e. The minimum absolute atomic E-state index is 0.734. The van der Waals surface area contributed by atoms with E-state index in [0.29, 0.717) is 0 Å². The van der Waals surface area contributed by atoms with Crippen molar-refractivity contribution >= 4 is 37.4 Å². The van der Waals surface area contributed by atoms with E-state index in [-0.39, 0.29) is 0 Å². The van der Waals surface area contributed by atoms with Crippen molar-refractivity contribution in [2.75, 3.05) is 0 Å². The van der Waals surface area contributed by atoms with E-state index in [2.05, 4.69) is 52.5 Å². The first-order chi connectivity index (χ1) is 8.25. The molecule has 90 valence electrons. The van der Waals surface area contributed by atoms with Gasteiger partial charge >= 0.3 is 0 Å². The molecule has 0 nitrogen and oxygen atoms in total. The number of thiophene rings is 1. The van der Waals surface area contributed by atoms with E-state index in [1.54, 1.807) is 5.56 Å². The predicted octanol–water partition coefficient (Wildman–Crippen LogP) is 5.25. The topological polar surface area (TPSA) is 0 Å². The van der Waals surface area contributed by atoms with Gasteiger partial charge in [0.05, 0.1) is 0 Å².